The van der Waals surface area contributed by atoms with E-state index in [9.17, 15) is 0 Å². The van der Waals surface area contributed by atoms with E-state index in [1.807, 2.05) is 48.5 Å². The Hall–Kier alpha value is -2.48. The molecule has 0 bridgehead atoms. The van der Waals surface area contributed by atoms with Crippen molar-refractivity contribution in [1.82, 2.24) is 10.2 Å². The summed E-state index contributed by atoms with van der Waals surface area (Å²) in [6.07, 6.45) is 0. The summed E-state index contributed by atoms with van der Waals surface area (Å²) in [5, 5.41) is 21.3. The number of aromatic nitrogens is 2. The van der Waals surface area contributed by atoms with Crippen LogP contribution in [-0.2, 0) is 0 Å². The Balaban J connectivity index is 0.00000156. The van der Waals surface area contributed by atoms with Crippen molar-refractivity contribution in [2.24, 2.45) is 11.5 Å². The molecular formula is C16H16Cl2N6S. The maximum Gasteiger partial charge on any atom is 0.270 e. The Morgan fingerprint density at radius 1 is 0.680 bits per heavy atom. The van der Waals surface area contributed by atoms with E-state index >= 15 is 0 Å². The molecule has 3 rings (SSSR count). The minimum Gasteiger partial charge on any atom is -1.00 e. The normalized spacial score (nSPS) is 9.60. The van der Waals surface area contributed by atoms with Gasteiger partial charge in [-0.15, -0.1) is 10.2 Å². The number of hydrogen-bond acceptors (Lipinski definition) is 3. The maximum absolute atomic E-state index is 5.57. The smallest absolute Gasteiger partial charge is 0.270 e. The van der Waals surface area contributed by atoms with Crippen molar-refractivity contribution in [1.29, 1.82) is 0 Å². The first-order valence-corrected chi connectivity index (χ1v) is 7.67. The first-order chi connectivity index (χ1) is 11.0. The average Bonchev–Trinajstić information content (AvgIpc) is 3.05. The van der Waals surface area contributed by atoms with Gasteiger partial charge in [0.15, 0.2) is 0 Å². The fourth-order valence-electron chi connectivity index (χ4n) is 2.07. The van der Waals surface area contributed by atoms with E-state index in [-0.39, 0.29) is 24.8 Å². The molecule has 2 aromatic carbocycles. The van der Waals surface area contributed by atoms with Crippen LogP contribution in [0.2, 0.25) is 0 Å². The monoisotopic (exact) mass is 394 g/mol. The molecule has 0 saturated carbocycles. The van der Waals surface area contributed by atoms with Gasteiger partial charge in [-0.05, 0) is 24.3 Å². The molecule has 25 heavy (non-hydrogen) atoms. The van der Waals surface area contributed by atoms with Gasteiger partial charge in [0.25, 0.3) is 11.7 Å². The van der Waals surface area contributed by atoms with Crippen LogP contribution in [0, 0.1) is 0 Å². The molecular weight excluding hydrogens is 379 g/mol. The van der Waals surface area contributed by atoms with Gasteiger partial charge in [-0.2, -0.15) is 0 Å². The summed E-state index contributed by atoms with van der Waals surface area (Å²) in [6.45, 7) is 0. The third-order valence-corrected chi connectivity index (χ3v) is 4.38. The summed E-state index contributed by atoms with van der Waals surface area (Å²) in [5.41, 5.74) is 14.7. The summed E-state index contributed by atoms with van der Waals surface area (Å²) < 4.78 is 0. The number of rotatable bonds is 4. The van der Waals surface area contributed by atoms with E-state index in [1.54, 1.807) is 0 Å². The zero-order chi connectivity index (χ0) is 16.4. The standard InChI is InChI=1S/C16H14N6S.2ClH/c17-13(18)9-1-5-11(6-2-9)15-21-22-16(23-15)12-7-3-10(4-8-12)14(19)20;;/h1-8H,(H3,17,18)(H3,19,20);2*1H. The first-order valence-electron chi connectivity index (χ1n) is 6.85. The van der Waals surface area contributed by atoms with Crippen LogP contribution >= 0.6 is 11.3 Å². The highest BCUT2D eigenvalue weighted by Crippen LogP contribution is 2.30. The molecule has 0 radical (unpaired) electrons. The number of halogens is 2. The molecule has 1 heterocycles. The molecule has 130 valence electrons. The molecule has 0 fully saturated rings. The second-order valence-corrected chi connectivity index (χ2v) is 5.96. The van der Waals surface area contributed by atoms with Gasteiger partial charge >= 0.3 is 0 Å². The van der Waals surface area contributed by atoms with Gasteiger partial charge in [0, 0.05) is 11.1 Å². The van der Waals surface area contributed by atoms with Crippen LogP contribution in [-0.4, -0.2) is 21.9 Å². The topological polar surface area (TPSA) is 129 Å². The number of benzene rings is 2. The zero-order valence-corrected chi connectivity index (χ0v) is 15.3. The van der Waals surface area contributed by atoms with Crippen molar-refractivity contribution in [3.8, 4) is 21.1 Å². The lowest BCUT2D eigenvalue weighted by Gasteiger charge is -1.97. The van der Waals surface area contributed by atoms with E-state index < -0.39 is 0 Å². The van der Waals surface area contributed by atoms with Gasteiger partial charge in [0.2, 0.25) is 0 Å². The molecule has 0 aliphatic heterocycles. The highest BCUT2D eigenvalue weighted by molar-refractivity contribution is 7.17. The van der Waals surface area contributed by atoms with E-state index in [1.165, 1.54) is 11.3 Å². The Bertz CT molecular complexity index is 802. The molecule has 6 nitrogen and oxygen atoms in total. The number of amidine groups is 2. The molecule has 0 saturated heterocycles. The molecule has 0 amide bonds. The molecule has 0 spiro atoms. The SMILES string of the molecule is NC(=[NH2+])c1ccc(-c2nnc(-c3ccc(C(N)=[NH2+])cc3)s2)cc1.[Cl-].[Cl-]. The Labute approximate surface area is 161 Å². The van der Waals surface area contributed by atoms with Gasteiger partial charge in [-0.3, -0.25) is 22.3 Å². The van der Waals surface area contributed by atoms with E-state index in [4.69, 9.17) is 22.3 Å². The fraction of sp³-hybridized carbons (Fsp3) is 0. The molecule has 9 heteroatoms. The van der Waals surface area contributed by atoms with Gasteiger partial charge in [-0.25, -0.2) is 0 Å². The van der Waals surface area contributed by atoms with Crippen LogP contribution in [0.15, 0.2) is 48.5 Å². The average molecular weight is 395 g/mol. The lowest BCUT2D eigenvalue weighted by atomic mass is 10.1. The van der Waals surface area contributed by atoms with Gasteiger partial charge in [-0.1, -0.05) is 35.6 Å². The summed E-state index contributed by atoms with van der Waals surface area (Å²) in [7, 11) is 0. The molecule has 0 unspecified atom stereocenters. The predicted molar refractivity (Wildman–Crippen MR) is 91.2 cm³/mol. The number of hydrogen-bond donors (Lipinski definition) is 4. The zero-order valence-electron chi connectivity index (χ0n) is 13.0. The van der Waals surface area contributed by atoms with Crippen LogP contribution in [0.3, 0.4) is 0 Å². The highest BCUT2D eigenvalue weighted by Gasteiger charge is 2.10. The molecule has 0 aliphatic carbocycles. The Kier molecular flexibility index (Phi) is 7.05. The van der Waals surface area contributed by atoms with Crippen LogP contribution in [0.1, 0.15) is 11.1 Å². The van der Waals surface area contributed by atoms with Crippen molar-refractivity contribution in [2.45, 2.75) is 0 Å². The second kappa shape index (κ2) is 8.57. The second-order valence-electron chi connectivity index (χ2n) is 4.98. The third kappa shape index (κ3) is 4.54. The maximum atomic E-state index is 5.57. The highest BCUT2D eigenvalue weighted by atomic mass is 35.5. The van der Waals surface area contributed by atoms with Crippen molar-refractivity contribution in [3.63, 3.8) is 0 Å². The van der Waals surface area contributed by atoms with Crippen molar-refractivity contribution < 1.29 is 35.6 Å². The largest absolute Gasteiger partial charge is 1.00 e. The number of nitrogens with two attached hydrogens (primary N) is 4. The molecule has 8 N–H and O–H groups in total. The lowest BCUT2D eigenvalue weighted by molar-refractivity contribution is -0.115. The predicted octanol–water partition coefficient (Wildman–Crippen LogP) is -7.19. The minimum absolute atomic E-state index is 0. The summed E-state index contributed by atoms with van der Waals surface area (Å²) in [5.74, 6) is 0.594. The fourth-order valence-corrected chi connectivity index (χ4v) is 2.92. The van der Waals surface area contributed by atoms with Crippen LogP contribution in [0.4, 0.5) is 0 Å². The molecule has 0 atom stereocenters. The third-order valence-electron chi connectivity index (χ3n) is 3.36. The number of nitrogens with zero attached hydrogens (tertiary/aromatic N) is 2. The molecule has 3 aromatic rings. The van der Waals surface area contributed by atoms with Crippen molar-refractivity contribution >= 4 is 23.0 Å². The lowest BCUT2D eigenvalue weighted by Crippen LogP contribution is -3.00. The van der Waals surface area contributed by atoms with E-state index in [0.29, 0.717) is 11.7 Å². The van der Waals surface area contributed by atoms with Gasteiger partial charge in [0.1, 0.15) is 10.0 Å². The van der Waals surface area contributed by atoms with Gasteiger partial charge in [0.05, 0.1) is 11.1 Å². The minimum atomic E-state index is 0. The van der Waals surface area contributed by atoms with Crippen LogP contribution < -0.4 is 47.1 Å². The summed E-state index contributed by atoms with van der Waals surface area (Å²) >= 11 is 1.51. The first kappa shape index (κ1) is 20.6. The van der Waals surface area contributed by atoms with Crippen LogP contribution in [0.25, 0.3) is 21.1 Å². The van der Waals surface area contributed by atoms with Gasteiger partial charge < -0.3 is 24.8 Å². The summed E-state index contributed by atoms with van der Waals surface area (Å²) in [6, 6.07) is 15.1. The molecule has 0 aliphatic rings. The van der Waals surface area contributed by atoms with Crippen molar-refractivity contribution in [3.05, 3.63) is 59.7 Å². The van der Waals surface area contributed by atoms with Crippen LogP contribution in [0.5, 0.6) is 0 Å². The van der Waals surface area contributed by atoms with E-state index in [2.05, 4.69) is 10.2 Å². The van der Waals surface area contributed by atoms with Crippen molar-refractivity contribution in [2.75, 3.05) is 0 Å². The molecule has 1 aromatic heterocycles. The van der Waals surface area contributed by atoms with E-state index in [0.717, 1.165) is 32.3 Å². The Morgan fingerprint density at radius 3 is 1.28 bits per heavy atom. The Morgan fingerprint density at radius 2 is 1.00 bits per heavy atom. The summed E-state index contributed by atoms with van der Waals surface area (Å²) in [4.78, 5) is 0. The quantitative estimate of drug-likeness (QED) is 0.258.